The van der Waals surface area contributed by atoms with E-state index in [1.807, 2.05) is 18.2 Å². The fourth-order valence-corrected chi connectivity index (χ4v) is 3.91. The van der Waals surface area contributed by atoms with Crippen LogP contribution >= 0.6 is 0 Å². The number of hydrogen-bond acceptors (Lipinski definition) is 5. The molecule has 2 aromatic carbocycles. The lowest BCUT2D eigenvalue weighted by Crippen LogP contribution is -2.53. The topological polar surface area (TPSA) is 113 Å². The first-order chi connectivity index (χ1) is 15.3. The minimum absolute atomic E-state index is 0.139. The van der Waals surface area contributed by atoms with Crippen molar-refractivity contribution in [2.24, 2.45) is 5.73 Å². The van der Waals surface area contributed by atoms with Crippen molar-refractivity contribution in [2.75, 3.05) is 25.6 Å². The molecule has 0 fully saturated rings. The number of phenols is 1. The predicted octanol–water partition coefficient (Wildman–Crippen LogP) is 1.61. The van der Waals surface area contributed by atoms with Gasteiger partial charge in [-0.05, 0) is 48.9 Å². The number of nitrogens with zero attached hydrogens (tertiary/aromatic N) is 1. The lowest BCUT2D eigenvalue weighted by atomic mass is 10.0. The molecule has 8 heteroatoms. The van der Waals surface area contributed by atoms with Crippen molar-refractivity contribution >= 4 is 22.6 Å². The molecule has 0 aliphatic carbocycles. The third-order valence-corrected chi connectivity index (χ3v) is 6.03. The van der Waals surface area contributed by atoms with Crippen LogP contribution in [0.4, 0.5) is 0 Å². The maximum atomic E-state index is 13.0. The van der Waals surface area contributed by atoms with Gasteiger partial charge in [0.15, 0.2) is 0 Å². The molecule has 174 valence electrons. The molecular weight excluding hydrogens is 426 g/mol. The van der Waals surface area contributed by atoms with E-state index in [1.165, 1.54) is 17.7 Å². The summed E-state index contributed by atoms with van der Waals surface area (Å²) in [7, 11) is 0.632. The average Bonchev–Trinajstić information content (AvgIpc) is 2.78. The van der Waals surface area contributed by atoms with Crippen molar-refractivity contribution in [1.29, 1.82) is 0 Å². The molecule has 0 aliphatic rings. The van der Waals surface area contributed by atoms with Crippen LogP contribution in [0.1, 0.15) is 24.0 Å². The van der Waals surface area contributed by atoms with Crippen LogP contribution in [-0.2, 0) is 33.2 Å². The van der Waals surface area contributed by atoms with E-state index >= 15 is 0 Å². The van der Waals surface area contributed by atoms with E-state index in [9.17, 15) is 18.9 Å². The van der Waals surface area contributed by atoms with Crippen LogP contribution in [0.25, 0.3) is 0 Å². The quantitative estimate of drug-likeness (QED) is 0.446. The summed E-state index contributed by atoms with van der Waals surface area (Å²) in [5.41, 5.74) is 8.07. The van der Waals surface area contributed by atoms with Crippen LogP contribution in [0.15, 0.2) is 54.6 Å². The van der Waals surface area contributed by atoms with Crippen molar-refractivity contribution in [1.82, 2.24) is 10.2 Å². The summed E-state index contributed by atoms with van der Waals surface area (Å²) in [6, 6.07) is 14.9. The lowest BCUT2D eigenvalue weighted by Gasteiger charge is -2.25. The van der Waals surface area contributed by atoms with E-state index in [2.05, 4.69) is 17.4 Å². The lowest BCUT2D eigenvalue weighted by molar-refractivity contribution is -0.135. The molecule has 0 radical (unpaired) electrons. The van der Waals surface area contributed by atoms with Crippen molar-refractivity contribution in [2.45, 2.75) is 37.8 Å². The summed E-state index contributed by atoms with van der Waals surface area (Å²) in [4.78, 5) is 27.3. The largest absolute Gasteiger partial charge is 0.508 e. The SMILES string of the molecule is CN(CCCc1ccccc1)C(=O)[C@@H](CCS(C)=O)NC(=O)[C@@H](N)Cc1ccc(O)cc1. The number of phenolic OH excluding ortho intramolecular Hbond substituents is 1. The number of aryl methyl sites for hydroxylation is 1. The van der Waals surface area contributed by atoms with E-state index in [4.69, 9.17) is 5.73 Å². The summed E-state index contributed by atoms with van der Waals surface area (Å²) < 4.78 is 11.6. The van der Waals surface area contributed by atoms with Crippen LogP contribution in [0.2, 0.25) is 0 Å². The van der Waals surface area contributed by atoms with Gasteiger partial charge in [-0.1, -0.05) is 42.5 Å². The summed E-state index contributed by atoms with van der Waals surface area (Å²) in [5.74, 6) is -0.202. The zero-order valence-electron chi connectivity index (χ0n) is 18.7. The van der Waals surface area contributed by atoms with Crippen molar-refractivity contribution < 1.29 is 18.9 Å². The molecule has 0 bridgehead atoms. The number of likely N-dealkylation sites (N-methyl/N-ethyl adjacent to an activating group) is 1. The Balaban J connectivity index is 1.93. The number of amides is 2. The van der Waals surface area contributed by atoms with Gasteiger partial charge in [-0.15, -0.1) is 0 Å². The number of hydrogen-bond donors (Lipinski definition) is 3. The van der Waals surface area contributed by atoms with Gasteiger partial charge in [0.25, 0.3) is 0 Å². The number of rotatable bonds is 12. The number of nitrogens with one attached hydrogen (secondary N) is 1. The first kappa shape index (κ1) is 25.5. The Kier molecular flexibility index (Phi) is 10.4. The first-order valence-corrected chi connectivity index (χ1v) is 12.4. The van der Waals surface area contributed by atoms with Crippen LogP contribution in [0.5, 0.6) is 5.75 Å². The van der Waals surface area contributed by atoms with E-state index in [0.717, 1.165) is 18.4 Å². The average molecular weight is 460 g/mol. The smallest absolute Gasteiger partial charge is 0.244 e. The molecule has 32 heavy (non-hydrogen) atoms. The van der Waals surface area contributed by atoms with Gasteiger partial charge in [-0.25, -0.2) is 0 Å². The summed E-state index contributed by atoms with van der Waals surface area (Å²) in [6.45, 7) is 0.550. The molecule has 7 nitrogen and oxygen atoms in total. The second-order valence-corrected chi connectivity index (χ2v) is 9.51. The predicted molar refractivity (Wildman–Crippen MR) is 128 cm³/mol. The maximum absolute atomic E-state index is 13.0. The Morgan fingerprint density at radius 3 is 2.38 bits per heavy atom. The van der Waals surface area contributed by atoms with Gasteiger partial charge in [0, 0.05) is 36.4 Å². The van der Waals surface area contributed by atoms with E-state index in [-0.39, 0.29) is 24.5 Å². The van der Waals surface area contributed by atoms with Crippen molar-refractivity contribution in [3.63, 3.8) is 0 Å². The summed E-state index contributed by atoms with van der Waals surface area (Å²) in [6.07, 6.45) is 3.78. The normalized spacial score (nSPS) is 13.7. The second-order valence-electron chi connectivity index (χ2n) is 7.95. The number of aromatic hydroxyl groups is 1. The Morgan fingerprint density at radius 2 is 1.75 bits per heavy atom. The third kappa shape index (κ3) is 8.80. The molecule has 0 aromatic heterocycles. The molecule has 0 aliphatic heterocycles. The minimum Gasteiger partial charge on any atom is -0.508 e. The second kappa shape index (κ2) is 13.0. The van der Waals surface area contributed by atoms with Crippen LogP contribution in [0, 0.1) is 0 Å². The molecule has 0 saturated carbocycles. The van der Waals surface area contributed by atoms with Crippen LogP contribution in [-0.4, -0.2) is 63.7 Å². The van der Waals surface area contributed by atoms with E-state index in [1.54, 1.807) is 30.3 Å². The Morgan fingerprint density at radius 1 is 1.09 bits per heavy atom. The maximum Gasteiger partial charge on any atom is 0.244 e. The van der Waals surface area contributed by atoms with Gasteiger partial charge in [-0.2, -0.15) is 0 Å². The molecule has 2 amide bonds. The monoisotopic (exact) mass is 459 g/mol. The number of carbonyl (C=O) groups is 2. The third-order valence-electron chi connectivity index (χ3n) is 5.22. The van der Waals surface area contributed by atoms with Gasteiger partial charge in [0.1, 0.15) is 11.8 Å². The molecule has 0 spiro atoms. The number of nitrogens with two attached hydrogens (primary N) is 1. The van der Waals surface area contributed by atoms with Crippen LogP contribution in [0.3, 0.4) is 0 Å². The van der Waals surface area contributed by atoms with Gasteiger partial charge in [0.05, 0.1) is 6.04 Å². The number of carbonyl (C=O) groups excluding carboxylic acids is 2. The molecule has 0 heterocycles. The van der Waals surface area contributed by atoms with Crippen molar-refractivity contribution in [3.8, 4) is 5.75 Å². The minimum atomic E-state index is -1.08. The highest BCUT2D eigenvalue weighted by atomic mass is 32.2. The molecule has 3 atom stereocenters. The molecule has 2 aromatic rings. The fourth-order valence-electron chi connectivity index (χ4n) is 3.34. The molecule has 1 unspecified atom stereocenters. The van der Waals surface area contributed by atoms with Gasteiger partial charge in [-0.3, -0.25) is 13.8 Å². The van der Waals surface area contributed by atoms with Gasteiger partial charge in [0.2, 0.25) is 11.8 Å². The van der Waals surface area contributed by atoms with Crippen LogP contribution < -0.4 is 11.1 Å². The molecule has 2 rings (SSSR count). The first-order valence-electron chi connectivity index (χ1n) is 10.7. The summed E-state index contributed by atoms with van der Waals surface area (Å²) >= 11 is 0. The Hall–Kier alpha value is -2.71. The molecule has 4 N–H and O–H groups in total. The van der Waals surface area contributed by atoms with Gasteiger partial charge >= 0.3 is 0 Å². The zero-order chi connectivity index (χ0) is 23.5. The highest BCUT2D eigenvalue weighted by Gasteiger charge is 2.26. The van der Waals surface area contributed by atoms with E-state index < -0.39 is 28.8 Å². The highest BCUT2D eigenvalue weighted by Crippen LogP contribution is 2.11. The standard InChI is InChI=1S/C24H33N3O4S/c1-27(15-6-9-18-7-4-3-5-8-18)24(30)22(14-16-32(2)31)26-23(29)21(25)17-19-10-12-20(28)13-11-19/h3-5,7-8,10-13,21-22,28H,6,9,14-17,25H2,1-2H3,(H,26,29)/t21-,22+,32?/m0/s1. The van der Waals surface area contributed by atoms with E-state index in [0.29, 0.717) is 12.3 Å². The highest BCUT2D eigenvalue weighted by molar-refractivity contribution is 7.84. The van der Waals surface area contributed by atoms with Crippen molar-refractivity contribution in [3.05, 3.63) is 65.7 Å². The Bertz CT molecular complexity index is 890. The fraction of sp³-hybridized carbons (Fsp3) is 0.417. The molecule has 0 saturated heterocycles. The summed E-state index contributed by atoms with van der Waals surface area (Å²) in [5, 5.41) is 12.1. The Labute approximate surface area is 192 Å². The molecular formula is C24H33N3O4S. The number of benzene rings is 2. The zero-order valence-corrected chi connectivity index (χ0v) is 19.5. The van der Waals surface area contributed by atoms with Gasteiger partial charge < -0.3 is 21.1 Å².